The summed E-state index contributed by atoms with van der Waals surface area (Å²) < 4.78 is 0. The van der Waals surface area contributed by atoms with Gasteiger partial charge in [0.2, 0.25) is 0 Å². The van der Waals surface area contributed by atoms with E-state index in [2.05, 4.69) is 169 Å². The molecule has 0 unspecified atom stereocenters. The SMILES string of the molecule is c1ccc(-c2nc3ccc4ccc(N(c5ccc6ccccc6c5)c5ccc6ccccc6c5)cc4c3nc2-c2ccccc2)cc1. The van der Waals surface area contributed by atoms with Crippen LogP contribution >= 0.6 is 0 Å². The van der Waals surface area contributed by atoms with Crippen LogP contribution in [0.1, 0.15) is 0 Å². The van der Waals surface area contributed by atoms with E-state index >= 15 is 0 Å². The number of rotatable bonds is 5. The third kappa shape index (κ3) is 4.86. The van der Waals surface area contributed by atoms with Crippen molar-refractivity contribution < 1.29 is 0 Å². The van der Waals surface area contributed by atoms with Crippen molar-refractivity contribution in [2.75, 3.05) is 4.90 Å². The van der Waals surface area contributed by atoms with Crippen LogP contribution in [0.3, 0.4) is 0 Å². The number of fused-ring (bicyclic) bond motifs is 5. The standard InChI is InChI=1S/C44H29N3/c1-3-13-33(14-4-1)42-43(34-15-5-2-6-16-34)46-44-40-29-39(25-21-32(40)22-26-41(44)45-42)47(37-23-19-30-11-7-9-17-35(30)27-37)38-24-20-31-12-8-10-18-36(31)28-38/h1-29H. The summed E-state index contributed by atoms with van der Waals surface area (Å²) in [6, 6.07) is 62.1. The highest BCUT2D eigenvalue weighted by atomic mass is 15.1. The Morgan fingerprint density at radius 2 is 0.787 bits per heavy atom. The number of benzene rings is 8. The van der Waals surface area contributed by atoms with Gasteiger partial charge in [-0.05, 0) is 69.4 Å². The molecular formula is C44H29N3. The monoisotopic (exact) mass is 599 g/mol. The third-order valence-corrected chi connectivity index (χ3v) is 8.97. The molecule has 220 valence electrons. The van der Waals surface area contributed by atoms with Gasteiger partial charge in [0.15, 0.2) is 0 Å². The molecule has 0 aliphatic heterocycles. The van der Waals surface area contributed by atoms with Gasteiger partial charge in [0.1, 0.15) is 0 Å². The Bertz CT molecular complexity index is 2500. The zero-order valence-electron chi connectivity index (χ0n) is 25.6. The molecule has 0 saturated carbocycles. The maximum Gasteiger partial charge on any atom is 0.0973 e. The lowest BCUT2D eigenvalue weighted by atomic mass is 10.0. The number of hydrogen-bond donors (Lipinski definition) is 0. The van der Waals surface area contributed by atoms with E-state index in [4.69, 9.17) is 9.97 Å². The summed E-state index contributed by atoms with van der Waals surface area (Å²) in [5, 5.41) is 7.03. The van der Waals surface area contributed by atoms with Gasteiger partial charge in [-0.25, -0.2) is 9.97 Å². The molecule has 1 heterocycles. The average Bonchev–Trinajstić information content (AvgIpc) is 3.15. The molecule has 0 saturated heterocycles. The molecule has 0 spiro atoms. The minimum absolute atomic E-state index is 0.871. The van der Waals surface area contributed by atoms with Gasteiger partial charge >= 0.3 is 0 Å². The number of anilines is 3. The van der Waals surface area contributed by atoms with Crippen molar-refractivity contribution >= 4 is 60.4 Å². The van der Waals surface area contributed by atoms with Gasteiger partial charge in [-0.3, -0.25) is 0 Å². The number of hydrogen-bond acceptors (Lipinski definition) is 3. The first-order valence-electron chi connectivity index (χ1n) is 15.9. The van der Waals surface area contributed by atoms with Gasteiger partial charge in [-0.2, -0.15) is 0 Å². The Labute approximate surface area is 273 Å². The molecule has 0 N–H and O–H groups in total. The summed E-state index contributed by atoms with van der Waals surface area (Å²) >= 11 is 0. The third-order valence-electron chi connectivity index (χ3n) is 8.97. The number of nitrogens with zero attached hydrogens (tertiary/aromatic N) is 3. The Morgan fingerprint density at radius 3 is 1.36 bits per heavy atom. The number of aromatic nitrogens is 2. The van der Waals surface area contributed by atoms with Crippen LogP contribution in [0.15, 0.2) is 176 Å². The van der Waals surface area contributed by atoms with Crippen LogP contribution in [-0.2, 0) is 0 Å². The van der Waals surface area contributed by atoms with Crippen molar-refractivity contribution in [3.63, 3.8) is 0 Å². The van der Waals surface area contributed by atoms with Crippen molar-refractivity contribution in [3.8, 4) is 22.5 Å². The minimum atomic E-state index is 0.871. The van der Waals surface area contributed by atoms with Crippen molar-refractivity contribution in [1.82, 2.24) is 9.97 Å². The predicted molar refractivity (Wildman–Crippen MR) is 198 cm³/mol. The quantitative estimate of drug-likeness (QED) is 0.184. The summed E-state index contributed by atoms with van der Waals surface area (Å²) in [4.78, 5) is 13.0. The Morgan fingerprint density at radius 1 is 0.340 bits per heavy atom. The molecule has 9 rings (SSSR count). The van der Waals surface area contributed by atoms with Gasteiger partial charge < -0.3 is 4.90 Å². The van der Waals surface area contributed by atoms with E-state index in [0.29, 0.717) is 0 Å². The first-order valence-corrected chi connectivity index (χ1v) is 15.9. The Hall–Kier alpha value is -6.32. The first-order chi connectivity index (χ1) is 23.3. The predicted octanol–water partition coefficient (Wildman–Crippen LogP) is 11.9. The smallest absolute Gasteiger partial charge is 0.0973 e. The van der Waals surface area contributed by atoms with Crippen LogP contribution in [-0.4, -0.2) is 9.97 Å². The zero-order chi connectivity index (χ0) is 31.2. The second-order valence-electron chi connectivity index (χ2n) is 11.9. The molecule has 9 aromatic rings. The van der Waals surface area contributed by atoms with Crippen molar-refractivity contribution in [2.45, 2.75) is 0 Å². The van der Waals surface area contributed by atoms with Crippen LogP contribution in [0.5, 0.6) is 0 Å². The maximum atomic E-state index is 5.40. The van der Waals surface area contributed by atoms with Crippen molar-refractivity contribution in [1.29, 1.82) is 0 Å². The Kier molecular flexibility index (Phi) is 6.46. The second-order valence-corrected chi connectivity index (χ2v) is 11.9. The van der Waals surface area contributed by atoms with Crippen LogP contribution in [0.4, 0.5) is 17.1 Å². The van der Waals surface area contributed by atoms with Crippen LogP contribution in [0.25, 0.3) is 65.9 Å². The summed E-state index contributed by atoms with van der Waals surface area (Å²) in [5.74, 6) is 0. The molecule has 3 nitrogen and oxygen atoms in total. The average molecular weight is 600 g/mol. The summed E-state index contributed by atoms with van der Waals surface area (Å²) in [6.45, 7) is 0. The van der Waals surface area contributed by atoms with Gasteiger partial charge in [0.25, 0.3) is 0 Å². The van der Waals surface area contributed by atoms with Gasteiger partial charge in [-0.15, -0.1) is 0 Å². The summed E-state index contributed by atoms with van der Waals surface area (Å²) in [7, 11) is 0. The van der Waals surface area contributed by atoms with Crippen molar-refractivity contribution in [3.05, 3.63) is 176 Å². The molecule has 8 aromatic carbocycles. The van der Waals surface area contributed by atoms with Gasteiger partial charge in [0.05, 0.1) is 22.4 Å². The lowest BCUT2D eigenvalue weighted by molar-refractivity contribution is 1.29. The summed E-state index contributed by atoms with van der Waals surface area (Å²) in [6.07, 6.45) is 0. The van der Waals surface area contributed by atoms with Crippen LogP contribution in [0, 0.1) is 0 Å². The van der Waals surface area contributed by atoms with Crippen molar-refractivity contribution in [2.24, 2.45) is 0 Å². The Balaban J connectivity index is 1.29. The molecule has 0 bridgehead atoms. The van der Waals surface area contributed by atoms with Crippen LogP contribution < -0.4 is 4.90 Å². The van der Waals surface area contributed by atoms with E-state index < -0.39 is 0 Å². The molecule has 0 fully saturated rings. The lowest BCUT2D eigenvalue weighted by Crippen LogP contribution is -2.10. The van der Waals surface area contributed by atoms with E-state index in [1.807, 2.05) is 12.1 Å². The zero-order valence-corrected chi connectivity index (χ0v) is 25.6. The second kappa shape index (κ2) is 11.2. The molecular weight excluding hydrogens is 571 g/mol. The highest BCUT2D eigenvalue weighted by molar-refractivity contribution is 6.07. The molecule has 47 heavy (non-hydrogen) atoms. The molecule has 0 amide bonds. The molecule has 0 aliphatic rings. The minimum Gasteiger partial charge on any atom is -0.310 e. The van der Waals surface area contributed by atoms with Crippen LogP contribution in [0.2, 0.25) is 0 Å². The fourth-order valence-electron chi connectivity index (χ4n) is 6.64. The van der Waals surface area contributed by atoms with E-state index in [-0.39, 0.29) is 0 Å². The van der Waals surface area contributed by atoms with E-state index in [9.17, 15) is 0 Å². The lowest BCUT2D eigenvalue weighted by Gasteiger charge is -2.26. The van der Waals surface area contributed by atoms with Gasteiger partial charge in [0, 0.05) is 33.6 Å². The fraction of sp³-hybridized carbons (Fsp3) is 0. The topological polar surface area (TPSA) is 29.0 Å². The van der Waals surface area contributed by atoms with E-state index in [1.165, 1.54) is 21.5 Å². The largest absolute Gasteiger partial charge is 0.310 e. The first kappa shape index (κ1) is 27.0. The highest BCUT2D eigenvalue weighted by Gasteiger charge is 2.18. The molecule has 0 atom stereocenters. The van der Waals surface area contributed by atoms with E-state index in [1.54, 1.807) is 0 Å². The molecule has 1 aromatic heterocycles. The molecule has 3 heteroatoms. The maximum absolute atomic E-state index is 5.40. The summed E-state index contributed by atoms with van der Waals surface area (Å²) in [5.41, 5.74) is 8.87. The molecule has 0 radical (unpaired) electrons. The highest BCUT2D eigenvalue weighted by Crippen LogP contribution is 2.40. The van der Waals surface area contributed by atoms with Gasteiger partial charge in [-0.1, -0.05) is 133 Å². The fourth-order valence-corrected chi connectivity index (χ4v) is 6.64. The molecule has 0 aliphatic carbocycles. The normalized spacial score (nSPS) is 11.4. The van der Waals surface area contributed by atoms with E-state index in [0.717, 1.165) is 61.4 Å².